The zero-order valence-electron chi connectivity index (χ0n) is 16.0. The average Bonchev–Trinajstić information content (AvgIpc) is 3.24. The fraction of sp³-hybridized carbons (Fsp3) is 0.190. The van der Waals surface area contributed by atoms with E-state index < -0.39 is 0 Å². The number of amides is 1. The molecule has 0 spiro atoms. The topological polar surface area (TPSA) is 77.7 Å². The van der Waals surface area contributed by atoms with Gasteiger partial charge >= 0.3 is 0 Å². The second kappa shape index (κ2) is 8.85. The molecule has 28 heavy (non-hydrogen) atoms. The molecule has 144 valence electrons. The minimum atomic E-state index is -0.283. The summed E-state index contributed by atoms with van der Waals surface area (Å²) in [6.45, 7) is 2.40. The van der Waals surface area contributed by atoms with Crippen LogP contribution >= 0.6 is 0 Å². The lowest BCUT2D eigenvalue weighted by Gasteiger charge is -2.10. The van der Waals surface area contributed by atoms with Crippen LogP contribution in [0.15, 0.2) is 66.0 Å². The van der Waals surface area contributed by atoms with Crippen molar-refractivity contribution in [1.29, 1.82) is 0 Å². The minimum Gasteiger partial charge on any atom is -0.497 e. The Balaban J connectivity index is 1.72. The van der Waals surface area contributed by atoms with Crippen molar-refractivity contribution in [2.45, 2.75) is 13.5 Å². The van der Waals surface area contributed by atoms with E-state index >= 15 is 0 Å². The third-order valence-electron chi connectivity index (χ3n) is 4.22. The molecule has 0 fully saturated rings. The summed E-state index contributed by atoms with van der Waals surface area (Å²) in [5.41, 5.74) is 5.51. The lowest BCUT2D eigenvalue weighted by molar-refractivity contribution is 0.0954. The first-order valence-electron chi connectivity index (χ1n) is 8.74. The first-order chi connectivity index (χ1) is 13.6. The van der Waals surface area contributed by atoms with Gasteiger partial charge in [0.05, 0.1) is 26.5 Å². The van der Waals surface area contributed by atoms with Gasteiger partial charge in [0, 0.05) is 29.6 Å². The van der Waals surface area contributed by atoms with Gasteiger partial charge in [-0.3, -0.25) is 9.48 Å². The van der Waals surface area contributed by atoms with Gasteiger partial charge in [-0.1, -0.05) is 12.1 Å². The monoisotopic (exact) mass is 378 g/mol. The van der Waals surface area contributed by atoms with Crippen LogP contribution in [0.25, 0.3) is 0 Å². The van der Waals surface area contributed by atoms with Crippen molar-refractivity contribution in [3.8, 4) is 11.5 Å². The molecule has 0 bridgehead atoms. The number of aromatic nitrogens is 2. The number of carbonyl (C=O) groups is 1. The minimum absolute atomic E-state index is 0.283. The van der Waals surface area contributed by atoms with E-state index in [2.05, 4.69) is 15.6 Å². The van der Waals surface area contributed by atoms with Crippen LogP contribution in [-0.4, -0.2) is 35.6 Å². The van der Waals surface area contributed by atoms with Gasteiger partial charge in [-0.2, -0.15) is 10.2 Å². The number of rotatable bonds is 7. The number of nitrogens with one attached hydrogen (secondary N) is 1. The standard InChI is InChI=1S/C21H22N4O3/c1-15(19-9-8-18(27-2)13-20(19)28-3)23-24-21(26)17-7-4-6-16(12-17)14-25-11-5-10-22-25/h4-13H,14H2,1-3H3,(H,24,26)/b23-15+. The zero-order chi connectivity index (χ0) is 19.9. The number of methoxy groups -OCH3 is 2. The maximum atomic E-state index is 12.5. The van der Waals surface area contributed by atoms with Crippen molar-refractivity contribution in [1.82, 2.24) is 15.2 Å². The van der Waals surface area contributed by atoms with Gasteiger partial charge in [-0.25, -0.2) is 5.43 Å². The molecule has 0 unspecified atom stereocenters. The third-order valence-corrected chi connectivity index (χ3v) is 4.22. The van der Waals surface area contributed by atoms with Crippen molar-refractivity contribution < 1.29 is 14.3 Å². The van der Waals surface area contributed by atoms with E-state index in [0.29, 0.717) is 29.3 Å². The van der Waals surface area contributed by atoms with Crippen molar-refractivity contribution in [3.63, 3.8) is 0 Å². The van der Waals surface area contributed by atoms with E-state index in [1.54, 1.807) is 44.2 Å². The van der Waals surface area contributed by atoms with Gasteiger partial charge in [-0.05, 0) is 42.8 Å². The van der Waals surface area contributed by atoms with Crippen molar-refractivity contribution in [2.24, 2.45) is 5.10 Å². The number of hydrazone groups is 1. The largest absolute Gasteiger partial charge is 0.497 e. The van der Waals surface area contributed by atoms with Gasteiger partial charge in [0.15, 0.2) is 0 Å². The molecule has 3 rings (SSSR count). The quantitative estimate of drug-likeness (QED) is 0.506. The summed E-state index contributed by atoms with van der Waals surface area (Å²) in [6.07, 6.45) is 3.60. The van der Waals surface area contributed by atoms with Crippen LogP contribution in [0, 0.1) is 0 Å². The molecule has 0 aliphatic carbocycles. The highest BCUT2D eigenvalue weighted by molar-refractivity contribution is 6.02. The van der Waals surface area contributed by atoms with E-state index in [1.165, 1.54) is 0 Å². The number of benzene rings is 2. The molecule has 3 aromatic rings. The zero-order valence-corrected chi connectivity index (χ0v) is 16.0. The molecular weight excluding hydrogens is 356 g/mol. The van der Waals surface area contributed by atoms with Gasteiger partial charge in [0.1, 0.15) is 11.5 Å². The van der Waals surface area contributed by atoms with Crippen LogP contribution in [0.3, 0.4) is 0 Å². The molecule has 7 nitrogen and oxygen atoms in total. The predicted molar refractivity (Wildman–Crippen MR) is 107 cm³/mol. The fourth-order valence-electron chi connectivity index (χ4n) is 2.75. The smallest absolute Gasteiger partial charge is 0.271 e. The van der Waals surface area contributed by atoms with Gasteiger partial charge in [0.25, 0.3) is 5.91 Å². The molecule has 0 atom stereocenters. The summed E-state index contributed by atoms with van der Waals surface area (Å²) in [7, 11) is 3.17. The van der Waals surface area contributed by atoms with E-state index in [4.69, 9.17) is 9.47 Å². The molecule has 2 aromatic carbocycles. The highest BCUT2D eigenvalue weighted by atomic mass is 16.5. The predicted octanol–water partition coefficient (Wildman–Crippen LogP) is 3.10. The Hall–Kier alpha value is -3.61. The van der Waals surface area contributed by atoms with Crippen LogP contribution < -0.4 is 14.9 Å². The molecule has 0 radical (unpaired) electrons. The Morgan fingerprint density at radius 2 is 2.00 bits per heavy atom. The van der Waals surface area contributed by atoms with Crippen LogP contribution in [0.5, 0.6) is 11.5 Å². The Morgan fingerprint density at radius 1 is 1.14 bits per heavy atom. The molecule has 0 saturated heterocycles. The Bertz CT molecular complexity index is 981. The second-order valence-electron chi connectivity index (χ2n) is 6.11. The van der Waals surface area contributed by atoms with E-state index in [-0.39, 0.29) is 5.91 Å². The highest BCUT2D eigenvalue weighted by Crippen LogP contribution is 2.25. The molecular formula is C21H22N4O3. The lowest BCUT2D eigenvalue weighted by Crippen LogP contribution is -2.19. The van der Waals surface area contributed by atoms with Gasteiger partial charge in [0.2, 0.25) is 0 Å². The summed E-state index contributed by atoms with van der Waals surface area (Å²) < 4.78 is 12.4. The summed E-state index contributed by atoms with van der Waals surface area (Å²) in [4.78, 5) is 12.5. The third kappa shape index (κ3) is 4.56. The molecule has 7 heteroatoms. The fourth-order valence-corrected chi connectivity index (χ4v) is 2.75. The van der Waals surface area contributed by atoms with Crippen LogP contribution in [0.4, 0.5) is 0 Å². The van der Waals surface area contributed by atoms with Gasteiger partial charge < -0.3 is 9.47 Å². The van der Waals surface area contributed by atoms with Crippen LogP contribution in [0.1, 0.15) is 28.4 Å². The highest BCUT2D eigenvalue weighted by Gasteiger charge is 2.10. The van der Waals surface area contributed by atoms with E-state index in [9.17, 15) is 4.79 Å². The molecule has 0 aliphatic heterocycles. The molecule has 1 heterocycles. The number of hydrogen-bond acceptors (Lipinski definition) is 5. The summed E-state index contributed by atoms with van der Waals surface area (Å²) in [5, 5.41) is 8.40. The van der Waals surface area contributed by atoms with E-state index in [0.717, 1.165) is 11.1 Å². The number of hydrogen-bond donors (Lipinski definition) is 1. The maximum Gasteiger partial charge on any atom is 0.271 e. The Kier molecular flexibility index (Phi) is 6.06. The molecule has 1 N–H and O–H groups in total. The number of carbonyl (C=O) groups excluding carboxylic acids is 1. The Morgan fingerprint density at radius 3 is 2.71 bits per heavy atom. The normalized spacial score (nSPS) is 11.2. The van der Waals surface area contributed by atoms with Crippen molar-refractivity contribution >= 4 is 11.6 Å². The molecule has 1 aromatic heterocycles. The second-order valence-corrected chi connectivity index (χ2v) is 6.11. The number of nitrogens with zero attached hydrogens (tertiary/aromatic N) is 3. The lowest BCUT2D eigenvalue weighted by atomic mass is 10.1. The van der Waals surface area contributed by atoms with Gasteiger partial charge in [-0.15, -0.1) is 0 Å². The van der Waals surface area contributed by atoms with Crippen molar-refractivity contribution in [3.05, 3.63) is 77.6 Å². The maximum absolute atomic E-state index is 12.5. The molecule has 0 aliphatic rings. The molecule has 0 saturated carbocycles. The summed E-state index contributed by atoms with van der Waals surface area (Å²) in [5.74, 6) is 1.02. The summed E-state index contributed by atoms with van der Waals surface area (Å²) in [6, 6.07) is 14.7. The van der Waals surface area contributed by atoms with E-state index in [1.807, 2.05) is 42.6 Å². The average molecular weight is 378 g/mol. The van der Waals surface area contributed by atoms with Crippen LogP contribution in [-0.2, 0) is 6.54 Å². The SMILES string of the molecule is COc1ccc(/C(C)=N/NC(=O)c2cccc(Cn3cccn3)c2)c(OC)c1. The van der Waals surface area contributed by atoms with Crippen LogP contribution in [0.2, 0.25) is 0 Å². The van der Waals surface area contributed by atoms with Crippen molar-refractivity contribution in [2.75, 3.05) is 14.2 Å². The summed E-state index contributed by atoms with van der Waals surface area (Å²) >= 11 is 0. The molecule has 1 amide bonds. The number of ether oxygens (including phenoxy) is 2. The Labute approximate surface area is 163 Å². The first kappa shape index (κ1) is 19.2. The first-order valence-corrected chi connectivity index (χ1v) is 8.74.